The summed E-state index contributed by atoms with van der Waals surface area (Å²) in [6.07, 6.45) is 0. The third-order valence-electron chi connectivity index (χ3n) is 3.74. The van der Waals surface area contributed by atoms with Gasteiger partial charge in [0.05, 0.1) is 7.11 Å². The molecule has 1 saturated heterocycles. The van der Waals surface area contributed by atoms with Crippen LogP contribution in [0.25, 0.3) is 0 Å². The van der Waals surface area contributed by atoms with E-state index in [2.05, 4.69) is 17.1 Å². The number of nitrogens with one attached hydrogen (secondary N) is 1. The van der Waals surface area contributed by atoms with Crippen molar-refractivity contribution < 1.29 is 9.53 Å². The van der Waals surface area contributed by atoms with Gasteiger partial charge < -0.3 is 10.1 Å². The number of hydrogen-bond donors (Lipinski definition) is 1. The van der Waals surface area contributed by atoms with Crippen LogP contribution in [0.2, 0.25) is 0 Å². The number of rotatable bonds is 6. The summed E-state index contributed by atoms with van der Waals surface area (Å²) in [5, 5.41) is 3.29. The Bertz CT molecular complexity index is 455. The number of carbonyl (C=O) groups is 1. The van der Waals surface area contributed by atoms with Crippen molar-refractivity contribution in [3.8, 4) is 5.75 Å². The van der Waals surface area contributed by atoms with Crippen molar-refractivity contribution in [2.24, 2.45) is 0 Å². The summed E-state index contributed by atoms with van der Waals surface area (Å²) in [5.74, 6) is 0.952. The first-order valence-corrected chi connectivity index (χ1v) is 6.78. The van der Waals surface area contributed by atoms with Crippen molar-refractivity contribution >= 4 is 5.78 Å². The van der Waals surface area contributed by atoms with E-state index in [1.165, 1.54) is 0 Å². The Morgan fingerprint density at radius 2 is 2.21 bits per heavy atom. The van der Waals surface area contributed by atoms with E-state index in [1.807, 2.05) is 18.2 Å². The molecular formula is C15H22N2O2. The van der Waals surface area contributed by atoms with E-state index in [0.717, 1.165) is 43.1 Å². The number of ether oxygens (including phenoxy) is 1. The SMILES string of the molecule is CCN(Cc1cc(C(C)=O)ccc1OC)C1CNC1. The average Bonchev–Trinajstić information content (AvgIpc) is 2.35. The fraction of sp³-hybridized carbons (Fsp3) is 0.533. The maximum absolute atomic E-state index is 11.5. The third-order valence-corrected chi connectivity index (χ3v) is 3.74. The summed E-state index contributed by atoms with van der Waals surface area (Å²) in [7, 11) is 1.67. The van der Waals surface area contributed by atoms with Crippen LogP contribution in [0.5, 0.6) is 5.75 Å². The molecule has 4 nitrogen and oxygen atoms in total. The first kappa shape index (κ1) is 14.0. The van der Waals surface area contributed by atoms with Crippen molar-refractivity contribution in [2.75, 3.05) is 26.7 Å². The van der Waals surface area contributed by atoms with E-state index in [-0.39, 0.29) is 5.78 Å². The Morgan fingerprint density at radius 3 is 2.68 bits per heavy atom. The molecule has 0 aromatic heterocycles. The number of Topliss-reactive ketones (excluding diaryl/α,β-unsaturated/α-hetero) is 1. The normalized spacial score (nSPS) is 15.4. The third kappa shape index (κ3) is 3.14. The van der Waals surface area contributed by atoms with Crippen LogP contribution in [0.15, 0.2) is 18.2 Å². The molecule has 1 aliphatic rings. The fourth-order valence-electron chi connectivity index (χ4n) is 2.37. The molecule has 0 spiro atoms. The lowest BCUT2D eigenvalue weighted by Gasteiger charge is -2.37. The van der Waals surface area contributed by atoms with E-state index < -0.39 is 0 Å². The summed E-state index contributed by atoms with van der Waals surface area (Å²) in [6.45, 7) is 7.68. The Labute approximate surface area is 114 Å². The molecule has 1 fully saturated rings. The molecule has 1 aromatic rings. The van der Waals surface area contributed by atoms with Crippen LogP contribution in [-0.2, 0) is 6.54 Å². The molecule has 19 heavy (non-hydrogen) atoms. The minimum atomic E-state index is 0.0947. The van der Waals surface area contributed by atoms with Crippen molar-refractivity contribution in [1.29, 1.82) is 0 Å². The maximum Gasteiger partial charge on any atom is 0.159 e. The van der Waals surface area contributed by atoms with Gasteiger partial charge in [-0.1, -0.05) is 6.92 Å². The monoisotopic (exact) mass is 262 g/mol. The van der Waals surface area contributed by atoms with Gasteiger partial charge in [-0.25, -0.2) is 0 Å². The number of carbonyl (C=O) groups excluding carboxylic acids is 1. The predicted molar refractivity (Wildman–Crippen MR) is 75.7 cm³/mol. The number of nitrogens with zero attached hydrogens (tertiary/aromatic N) is 1. The summed E-state index contributed by atoms with van der Waals surface area (Å²) >= 11 is 0. The molecule has 104 valence electrons. The van der Waals surface area contributed by atoms with Crippen molar-refractivity contribution in [3.63, 3.8) is 0 Å². The van der Waals surface area contributed by atoms with Gasteiger partial charge in [-0.05, 0) is 31.7 Å². The minimum absolute atomic E-state index is 0.0947. The van der Waals surface area contributed by atoms with Crippen LogP contribution >= 0.6 is 0 Å². The topological polar surface area (TPSA) is 41.6 Å². The highest BCUT2D eigenvalue weighted by molar-refractivity contribution is 5.94. The Morgan fingerprint density at radius 1 is 1.47 bits per heavy atom. The first-order chi connectivity index (χ1) is 9.15. The van der Waals surface area contributed by atoms with E-state index in [1.54, 1.807) is 14.0 Å². The van der Waals surface area contributed by atoms with Crippen LogP contribution in [-0.4, -0.2) is 43.5 Å². The summed E-state index contributed by atoms with van der Waals surface area (Å²) < 4.78 is 5.40. The molecule has 1 aromatic carbocycles. The molecule has 1 heterocycles. The molecule has 0 amide bonds. The largest absolute Gasteiger partial charge is 0.496 e. The standard InChI is InChI=1S/C15H22N2O2/c1-4-17(14-8-16-9-14)10-13-7-12(11(2)18)5-6-15(13)19-3/h5-7,14,16H,4,8-10H2,1-3H3. The zero-order valence-corrected chi connectivity index (χ0v) is 11.9. The minimum Gasteiger partial charge on any atom is -0.496 e. The number of hydrogen-bond acceptors (Lipinski definition) is 4. The molecule has 2 rings (SSSR count). The van der Waals surface area contributed by atoms with Crippen molar-refractivity contribution in [1.82, 2.24) is 10.2 Å². The first-order valence-electron chi connectivity index (χ1n) is 6.78. The quantitative estimate of drug-likeness (QED) is 0.792. The highest BCUT2D eigenvalue weighted by Gasteiger charge is 2.24. The average molecular weight is 262 g/mol. The molecule has 1 N–H and O–H groups in total. The highest BCUT2D eigenvalue weighted by atomic mass is 16.5. The molecule has 1 aliphatic heterocycles. The lowest BCUT2D eigenvalue weighted by atomic mass is 10.0. The predicted octanol–water partition coefficient (Wildman–Crippen LogP) is 1.69. The molecule has 0 unspecified atom stereocenters. The van der Waals surface area contributed by atoms with Gasteiger partial charge in [0.2, 0.25) is 0 Å². The van der Waals surface area contributed by atoms with Gasteiger partial charge in [0.25, 0.3) is 0 Å². The summed E-state index contributed by atoms with van der Waals surface area (Å²) in [5.41, 5.74) is 1.84. The smallest absolute Gasteiger partial charge is 0.159 e. The molecule has 0 saturated carbocycles. The van der Waals surface area contributed by atoms with Gasteiger partial charge in [0, 0.05) is 36.8 Å². The number of likely N-dealkylation sites (N-methyl/N-ethyl adjacent to an activating group) is 1. The zero-order valence-electron chi connectivity index (χ0n) is 11.9. The fourth-order valence-corrected chi connectivity index (χ4v) is 2.37. The van der Waals surface area contributed by atoms with Gasteiger partial charge in [-0.3, -0.25) is 9.69 Å². The highest BCUT2D eigenvalue weighted by Crippen LogP contribution is 2.23. The number of benzene rings is 1. The van der Waals surface area contributed by atoms with Gasteiger partial charge in [0.1, 0.15) is 5.75 Å². The molecule has 0 radical (unpaired) electrons. The van der Waals surface area contributed by atoms with Crippen molar-refractivity contribution in [2.45, 2.75) is 26.4 Å². The second-order valence-corrected chi connectivity index (χ2v) is 4.96. The Kier molecular flexibility index (Phi) is 4.56. The lowest BCUT2D eigenvalue weighted by Crippen LogP contribution is -2.56. The van der Waals surface area contributed by atoms with Gasteiger partial charge >= 0.3 is 0 Å². The second kappa shape index (κ2) is 6.17. The van der Waals surface area contributed by atoms with Crippen molar-refractivity contribution in [3.05, 3.63) is 29.3 Å². The Balaban J connectivity index is 2.20. The molecule has 0 bridgehead atoms. The number of ketones is 1. The van der Waals surface area contributed by atoms with Gasteiger partial charge in [-0.15, -0.1) is 0 Å². The van der Waals surface area contributed by atoms with Crippen LogP contribution in [0.1, 0.15) is 29.8 Å². The lowest BCUT2D eigenvalue weighted by molar-refractivity contribution is 0.101. The van der Waals surface area contributed by atoms with E-state index in [0.29, 0.717) is 6.04 Å². The molecule has 0 aliphatic carbocycles. The van der Waals surface area contributed by atoms with E-state index in [4.69, 9.17) is 4.74 Å². The summed E-state index contributed by atoms with van der Waals surface area (Å²) in [6, 6.07) is 6.26. The van der Waals surface area contributed by atoms with Crippen LogP contribution in [0.3, 0.4) is 0 Å². The van der Waals surface area contributed by atoms with Crippen LogP contribution < -0.4 is 10.1 Å². The van der Waals surface area contributed by atoms with Crippen LogP contribution in [0, 0.1) is 0 Å². The van der Waals surface area contributed by atoms with E-state index in [9.17, 15) is 4.79 Å². The molecule has 4 heteroatoms. The number of methoxy groups -OCH3 is 1. The summed E-state index contributed by atoms with van der Waals surface area (Å²) in [4.78, 5) is 13.9. The van der Waals surface area contributed by atoms with Crippen LogP contribution in [0.4, 0.5) is 0 Å². The molecular weight excluding hydrogens is 240 g/mol. The Hall–Kier alpha value is -1.39. The van der Waals surface area contributed by atoms with Gasteiger partial charge in [0.15, 0.2) is 5.78 Å². The van der Waals surface area contributed by atoms with Gasteiger partial charge in [-0.2, -0.15) is 0 Å². The second-order valence-electron chi connectivity index (χ2n) is 4.96. The van der Waals surface area contributed by atoms with E-state index >= 15 is 0 Å². The zero-order chi connectivity index (χ0) is 13.8. The molecule has 0 atom stereocenters. The maximum atomic E-state index is 11.5.